The molecular weight excluding hydrogens is 397 g/mol. The molecule has 7 heteroatoms. The normalized spacial score (nSPS) is 29.4. The van der Waals surface area contributed by atoms with Gasteiger partial charge in [-0.15, -0.1) is 0 Å². The standard InChI is InChI=1S/C22H17ClFNO4/c23-15-10-14(6-7-16(15)24)25-12-22-9-8-17(29-22)18(19(22)20(25)26)21(27)28-11-13-4-2-1-3-5-13/h1-10,17-19H,11-12H2/t17-,18+,19+,22+/m1/s1. The van der Waals surface area contributed by atoms with Crippen LogP contribution in [0.1, 0.15) is 5.56 Å². The van der Waals surface area contributed by atoms with E-state index in [2.05, 4.69) is 0 Å². The number of benzene rings is 2. The van der Waals surface area contributed by atoms with Crippen molar-refractivity contribution in [1.29, 1.82) is 0 Å². The van der Waals surface area contributed by atoms with Gasteiger partial charge in [-0.1, -0.05) is 54.1 Å². The van der Waals surface area contributed by atoms with Crippen molar-refractivity contribution in [3.63, 3.8) is 0 Å². The molecule has 0 N–H and O–H groups in total. The second kappa shape index (κ2) is 6.68. The molecule has 4 atom stereocenters. The van der Waals surface area contributed by atoms with Gasteiger partial charge in [0.2, 0.25) is 5.91 Å². The highest BCUT2D eigenvalue weighted by molar-refractivity contribution is 6.31. The molecule has 0 saturated carbocycles. The van der Waals surface area contributed by atoms with Crippen LogP contribution in [0.25, 0.3) is 0 Å². The first-order valence-electron chi connectivity index (χ1n) is 9.33. The Kier molecular flexibility index (Phi) is 4.22. The summed E-state index contributed by atoms with van der Waals surface area (Å²) in [7, 11) is 0. The van der Waals surface area contributed by atoms with E-state index >= 15 is 0 Å². The molecule has 2 aromatic carbocycles. The summed E-state index contributed by atoms with van der Waals surface area (Å²) < 4.78 is 25.1. The second-order valence-electron chi connectivity index (χ2n) is 7.52. The van der Waals surface area contributed by atoms with Gasteiger partial charge < -0.3 is 14.4 Å². The lowest BCUT2D eigenvalue weighted by atomic mass is 9.77. The monoisotopic (exact) mass is 413 g/mol. The molecule has 2 bridgehead atoms. The van der Waals surface area contributed by atoms with E-state index < -0.39 is 35.3 Å². The van der Waals surface area contributed by atoms with Crippen molar-refractivity contribution in [2.45, 2.75) is 18.3 Å². The number of carbonyl (C=O) groups excluding carboxylic acids is 2. The predicted molar refractivity (Wildman–Crippen MR) is 104 cm³/mol. The van der Waals surface area contributed by atoms with Crippen LogP contribution in [0.4, 0.5) is 10.1 Å². The summed E-state index contributed by atoms with van der Waals surface area (Å²) in [6, 6.07) is 13.5. The van der Waals surface area contributed by atoms with Crippen LogP contribution < -0.4 is 4.90 Å². The Morgan fingerprint density at radius 1 is 1.28 bits per heavy atom. The summed E-state index contributed by atoms with van der Waals surface area (Å²) >= 11 is 5.88. The molecule has 3 aliphatic heterocycles. The SMILES string of the molecule is O=C(OCc1ccccc1)[C@@H]1[C@H]2C(=O)N(c3ccc(F)c(Cl)c3)C[C@@]23C=C[C@H]1O3. The molecule has 5 nitrogen and oxygen atoms in total. The van der Waals surface area contributed by atoms with Crippen LogP contribution >= 0.6 is 11.6 Å². The van der Waals surface area contributed by atoms with Gasteiger partial charge in [0.1, 0.15) is 23.9 Å². The molecule has 3 heterocycles. The number of ether oxygens (including phenoxy) is 2. The van der Waals surface area contributed by atoms with Gasteiger partial charge in [0.25, 0.3) is 0 Å². The molecule has 2 aromatic rings. The molecule has 5 rings (SSSR count). The molecule has 0 radical (unpaired) electrons. The highest BCUT2D eigenvalue weighted by Gasteiger charge is 2.67. The Hall–Kier alpha value is -2.70. The van der Waals surface area contributed by atoms with Crippen LogP contribution in [0.3, 0.4) is 0 Å². The van der Waals surface area contributed by atoms with Crippen molar-refractivity contribution in [3.05, 3.63) is 77.1 Å². The zero-order chi connectivity index (χ0) is 20.2. The predicted octanol–water partition coefficient (Wildman–Crippen LogP) is 3.51. The molecule has 0 aromatic heterocycles. The number of amides is 1. The third-order valence-electron chi connectivity index (χ3n) is 5.81. The zero-order valence-electron chi connectivity index (χ0n) is 15.3. The summed E-state index contributed by atoms with van der Waals surface area (Å²) in [6.07, 6.45) is 3.19. The van der Waals surface area contributed by atoms with Crippen LogP contribution in [0.15, 0.2) is 60.7 Å². The Morgan fingerprint density at radius 2 is 2.07 bits per heavy atom. The van der Waals surface area contributed by atoms with Gasteiger partial charge in [-0.3, -0.25) is 9.59 Å². The van der Waals surface area contributed by atoms with Gasteiger partial charge in [-0.05, 0) is 23.8 Å². The average Bonchev–Trinajstić information content (AvgIpc) is 3.37. The Bertz CT molecular complexity index is 1030. The molecule has 148 valence electrons. The fraction of sp³-hybridized carbons (Fsp3) is 0.273. The molecule has 3 aliphatic rings. The third-order valence-corrected chi connectivity index (χ3v) is 6.10. The number of anilines is 1. The highest BCUT2D eigenvalue weighted by atomic mass is 35.5. The number of hydrogen-bond donors (Lipinski definition) is 0. The first-order chi connectivity index (χ1) is 14.0. The van der Waals surface area contributed by atoms with E-state index in [0.717, 1.165) is 5.56 Å². The summed E-state index contributed by atoms with van der Waals surface area (Å²) in [4.78, 5) is 27.6. The van der Waals surface area contributed by atoms with Crippen LogP contribution in [0.5, 0.6) is 0 Å². The molecule has 0 unspecified atom stereocenters. The van der Waals surface area contributed by atoms with E-state index in [1.165, 1.54) is 23.1 Å². The third kappa shape index (κ3) is 2.86. The highest BCUT2D eigenvalue weighted by Crippen LogP contribution is 2.53. The summed E-state index contributed by atoms with van der Waals surface area (Å²) in [5.74, 6) is -2.65. The summed E-state index contributed by atoms with van der Waals surface area (Å²) in [6.45, 7) is 0.381. The molecule has 1 amide bonds. The van der Waals surface area contributed by atoms with Crippen LogP contribution in [0, 0.1) is 17.7 Å². The lowest BCUT2D eigenvalue weighted by molar-refractivity contribution is -0.153. The Morgan fingerprint density at radius 3 is 2.83 bits per heavy atom. The number of rotatable bonds is 4. The number of fused-ring (bicyclic) bond motifs is 1. The van der Waals surface area contributed by atoms with E-state index in [1.807, 2.05) is 42.5 Å². The van der Waals surface area contributed by atoms with E-state index in [1.54, 1.807) is 0 Å². The van der Waals surface area contributed by atoms with Gasteiger partial charge in [-0.25, -0.2) is 4.39 Å². The van der Waals surface area contributed by atoms with Crippen molar-refractivity contribution in [2.75, 3.05) is 11.4 Å². The lowest BCUT2D eigenvalue weighted by Gasteiger charge is -2.22. The minimum atomic E-state index is -0.876. The van der Waals surface area contributed by atoms with Crippen molar-refractivity contribution in [1.82, 2.24) is 0 Å². The summed E-state index contributed by atoms with van der Waals surface area (Å²) in [5.41, 5.74) is 0.469. The first kappa shape index (κ1) is 18.3. The van der Waals surface area contributed by atoms with Crippen molar-refractivity contribution >= 4 is 29.2 Å². The quantitative estimate of drug-likeness (QED) is 0.568. The maximum absolute atomic E-state index is 13.5. The number of carbonyl (C=O) groups is 2. The Balaban J connectivity index is 1.39. The van der Waals surface area contributed by atoms with Gasteiger partial charge in [0.05, 0.1) is 23.6 Å². The minimum Gasteiger partial charge on any atom is -0.460 e. The van der Waals surface area contributed by atoms with E-state index in [0.29, 0.717) is 5.69 Å². The molecule has 29 heavy (non-hydrogen) atoms. The first-order valence-corrected chi connectivity index (χ1v) is 9.70. The maximum Gasteiger partial charge on any atom is 0.313 e. The Labute approximate surface area is 171 Å². The maximum atomic E-state index is 13.5. The molecule has 2 saturated heterocycles. The van der Waals surface area contributed by atoms with E-state index in [4.69, 9.17) is 21.1 Å². The topological polar surface area (TPSA) is 55.8 Å². The molecule has 0 aliphatic carbocycles. The lowest BCUT2D eigenvalue weighted by Crippen LogP contribution is -2.40. The van der Waals surface area contributed by atoms with Gasteiger partial charge in [-0.2, -0.15) is 0 Å². The summed E-state index contributed by atoms with van der Waals surface area (Å²) in [5, 5.41) is -0.0653. The van der Waals surface area contributed by atoms with Crippen molar-refractivity contribution < 1.29 is 23.5 Å². The van der Waals surface area contributed by atoms with Crippen molar-refractivity contribution in [3.8, 4) is 0 Å². The van der Waals surface area contributed by atoms with Gasteiger partial charge in [0.15, 0.2) is 0 Å². The van der Waals surface area contributed by atoms with Crippen LogP contribution in [-0.4, -0.2) is 30.1 Å². The van der Waals surface area contributed by atoms with Gasteiger partial charge >= 0.3 is 5.97 Å². The van der Waals surface area contributed by atoms with Gasteiger partial charge in [0, 0.05) is 5.69 Å². The van der Waals surface area contributed by atoms with Crippen LogP contribution in [0.2, 0.25) is 5.02 Å². The molecule has 2 fully saturated rings. The molecule has 1 spiro atoms. The average molecular weight is 414 g/mol. The number of hydrogen-bond acceptors (Lipinski definition) is 4. The zero-order valence-corrected chi connectivity index (χ0v) is 16.0. The smallest absolute Gasteiger partial charge is 0.313 e. The molecular formula is C22H17ClFNO4. The second-order valence-corrected chi connectivity index (χ2v) is 7.92. The number of nitrogens with zero attached hydrogens (tertiary/aromatic N) is 1. The minimum absolute atomic E-state index is 0.0653. The number of halogens is 2. The number of esters is 1. The fourth-order valence-corrected chi connectivity index (χ4v) is 4.64. The fourth-order valence-electron chi connectivity index (χ4n) is 4.46. The largest absolute Gasteiger partial charge is 0.460 e. The van der Waals surface area contributed by atoms with E-state index in [9.17, 15) is 14.0 Å². The van der Waals surface area contributed by atoms with E-state index in [-0.39, 0.29) is 24.1 Å². The van der Waals surface area contributed by atoms with Crippen LogP contribution in [-0.2, 0) is 25.7 Å². The van der Waals surface area contributed by atoms with Crippen molar-refractivity contribution in [2.24, 2.45) is 11.8 Å².